The lowest BCUT2D eigenvalue weighted by Crippen LogP contribution is -2.00. The third kappa shape index (κ3) is 1.79. The highest BCUT2D eigenvalue weighted by Gasteiger charge is 2.06. The first-order chi connectivity index (χ1) is 8.80. The monoisotopic (exact) mass is 238 g/mol. The lowest BCUT2D eigenvalue weighted by molar-refractivity contribution is 0.618. The zero-order valence-electron chi connectivity index (χ0n) is 10.2. The summed E-state index contributed by atoms with van der Waals surface area (Å²) in [5.74, 6) is 0.847. The lowest BCUT2D eigenvalue weighted by atomic mass is 10.1. The molecule has 0 saturated heterocycles. The van der Waals surface area contributed by atoms with Gasteiger partial charge in [-0.2, -0.15) is 0 Å². The van der Waals surface area contributed by atoms with Crippen LogP contribution in [0.3, 0.4) is 0 Å². The second-order valence-corrected chi connectivity index (χ2v) is 4.27. The van der Waals surface area contributed by atoms with Crippen LogP contribution in [-0.4, -0.2) is 7.05 Å². The third-order valence-electron chi connectivity index (χ3n) is 3.10. The van der Waals surface area contributed by atoms with Crippen LogP contribution in [0.25, 0.3) is 22.3 Å². The molecule has 0 saturated carbocycles. The van der Waals surface area contributed by atoms with Crippen molar-refractivity contribution < 1.29 is 4.42 Å². The molecule has 0 amide bonds. The maximum atomic E-state index is 5.92. The number of hydrogen-bond acceptors (Lipinski definition) is 3. The van der Waals surface area contributed by atoms with Crippen LogP contribution in [0.1, 0.15) is 5.56 Å². The van der Waals surface area contributed by atoms with Crippen molar-refractivity contribution in [1.82, 2.24) is 0 Å². The number of nitrogens with two attached hydrogens (primary N) is 1. The van der Waals surface area contributed by atoms with Gasteiger partial charge in [0.1, 0.15) is 11.3 Å². The van der Waals surface area contributed by atoms with Gasteiger partial charge < -0.3 is 10.2 Å². The van der Waals surface area contributed by atoms with Gasteiger partial charge in [0.15, 0.2) is 0 Å². The van der Waals surface area contributed by atoms with Gasteiger partial charge in [0.2, 0.25) is 0 Å². The van der Waals surface area contributed by atoms with Gasteiger partial charge in [0.05, 0.1) is 5.36 Å². The zero-order chi connectivity index (χ0) is 12.5. The van der Waals surface area contributed by atoms with Gasteiger partial charge in [-0.15, -0.1) is 0 Å². The molecule has 2 N–H and O–H groups in total. The Hall–Kier alpha value is -2.13. The SMILES string of the molecule is C/N=c1\ccc2cc3ccc(CN)cc3oc-2c1. The molecule has 1 aromatic carbocycles. The van der Waals surface area contributed by atoms with Gasteiger partial charge in [-0.25, -0.2) is 0 Å². The number of rotatable bonds is 1. The number of hydrogen-bond donors (Lipinski definition) is 1. The molecule has 3 rings (SSSR count). The van der Waals surface area contributed by atoms with Crippen molar-refractivity contribution in [3.8, 4) is 11.3 Å². The molecule has 0 radical (unpaired) electrons. The minimum Gasteiger partial charge on any atom is -0.456 e. The van der Waals surface area contributed by atoms with E-state index in [1.807, 2.05) is 36.4 Å². The van der Waals surface area contributed by atoms with Gasteiger partial charge >= 0.3 is 0 Å². The summed E-state index contributed by atoms with van der Waals surface area (Å²) in [6, 6.07) is 14.1. The van der Waals surface area contributed by atoms with Crippen LogP contribution in [0.15, 0.2) is 51.9 Å². The standard InChI is InChI=1S/C15H14N2O/c1-17-13-5-4-12-7-11-3-2-10(9-16)6-14(11)18-15(12)8-13/h2-8H,9,16H2,1H3/b17-13+. The molecule has 1 aliphatic heterocycles. The van der Waals surface area contributed by atoms with Crippen molar-refractivity contribution in [1.29, 1.82) is 0 Å². The van der Waals surface area contributed by atoms with Gasteiger partial charge in [-0.3, -0.25) is 4.99 Å². The summed E-state index contributed by atoms with van der Waals surface area (Å²) >= 11 is 0. The Bertz CT molecular complexity index is 743. The van der Waals surface area contributed by atoms with Crippen molar-refractivity contribution in [2.75, 3.05) is 7.05 Å². The number of fused-ring (bicyclic) bond motifs is 2. The number of nitrogens with zero attached hydrogens (tertiary/aromatic N) is 1. The van der Waals surface area contributed by atoms with Crippen molar-refractivity contribution in [2.45, 2.75) is 6.54 Å². The summed E-state index contributed by atoms with van der Waals surface area (Å²) in [4.78, 5) is 4.15. The van der Waals surface area contributed by atoms with Crippen LogP contribution in [0, 0.1) is 0 Å². The largest absolute Gasteiger partial charge is 0.456 e. The van der Waals surface area contributed by atoms with Crippen LogP contribution in [0.5, 0.6) is 0 Å². The Kier molecular flexibility index (Phi) is 2.61. The number of benzene rings is 2. The molecule has 1 heterocycles. The zero-order valence-corrected chi connectivity index (χ0v) is 10.2. The molecular formula is C15H14N2O. The molecule has 1 aliphatic carbocycles. The molecule has 2 aliphatic rings. The molecule has 0 atom stereocenters. The van der Waals surface area contributed by atoms with Gasteiger partial charge in [-0.1, -0.05) is 12.1 Å². The Balaban J connectivity index is 2.34. The molecule has 90 valence electrons. The van der Waals surface area contributed by atoms with E-state index in [2.05, 4.69) is 11.1 Å². The highest BCUT2D eigenvalue weighted by atomic mass is 16.3. The normalized spacial score (nSPS) is 12.4. The van der Waals surface area contributed by atoms with Crippen molar-refractivity contribution >= 4 is 11.0 Å². The molecule has 3 nitrogen and oxygen atoms in total. The summed E-state index contributed by atoms with van der Waals surface area (Å²) in [7, 11) is 1.77. The topological polar surface area (TPSA) is 51.5 Å². The fourth-order valence-electron chi connectivity index (χ4n) is 2.07. The third-order valence-corrected chi connectivity index (χ3v) is 3.10. The van der Waals surface area contributed by atoms with Crippen molar-refractivity contribution in [2.24, 2.45) is 10.7 Å². The van der Waals surface area contributed by atoms with E-state index in [4.69, 9.17) is 10.2 Å². The second-order valence-electron chi connectivity index (χ2n) is 4.27. The molecule has 1 aromatic rings. The summed E-state index contributed by atoms with van der Waals surface area (Å²) in [5, 5.41) is 2.00. The average Bonchev–Trinajstić information content (AvgIpc) is 2.43. The van der Waals surface area contributed by atoms with Gasteiger partial charge in [-0.05, 0) is 29.8 Å². The maximum Gasteiger partial charge on any atom is 0.136 e. The predicted octanol–water partition coefficient (Wildman–Crippen LogP) is 2.53. The van der Waals surface area contributed by atoms with Crippen LogP contribution in [-0.2, 0) is 6.54 Å². The molecule has 18 heavy (non-hydrogen) atoms. The van der Waals surface area contributed by atoms with Gasteiger partial charge in [0.25, 0.3) is 0 Å². The second kappa shape index (κ2) is 4.27. The Morgan fingerprint density at radius 3 is 2.78 bits per heavy atom. The average molecular weight is 238 g/mol. The molecular weight excluding hydrogens is 224 g/mol. The molecule has 3 heteroatoms. The van der Waals surface area contributed by atoms with E-state index >= 15 is 0 Å². The van der Waals surface area contributed by atoms with Crippen LogP contribution >= 0.6 is 0 Å². The maximum absolute atomic E-state index is 5.92. The van der Waals surface area contributed by atoms with Gasteiger partial charge in [0, 0.05) is 30.6 Å². The van der Waals surface area contributed by atoms with E-state index in [0.29, 0.717) is 6.54 Å². The Morgan fingerprint density at radius 1 is 1.11 bits per heavy atom. The summed E-state index contributed by atoms with van der Waals surface area (Å²) in [6.07, 6.45) is 0. The highest BCUT2D eigenvalue weighted by Crippen LogP contribution is 2.27. The molecule has 0 unspecified atom stereocenters. The van der Waals surface area contributed by atoms with E-state index in [1.165, 1.54) is 0 Å². The van der Waals surface area contributed by atoms with Crippen molar-refractivity contribution in [3.05, 3.63) is 53.4 Å². The Morgan fingerprint density at radius 2 is 2.00 bits per heavy atom. The fraction of sp³-hybridized carbons (Fsp3) is 0.133. The first-order valence-corrected chi connectivity index (χ1v) is 5.89. The lowest BCUT2D eigenvalue weighted by Gasteiger charge is -2.07. The summed E-state index contributed by atoms with van der Waals surface area (Å²) in [5.41, 5.74) is 8.65. The van der Waals surface area contributed by atoms with E-state index in [9.17, 15) is 0 Å². The fourth-order valence-corrected chi connectivity index (χ4v) is 2.07. The minimum atomic E-state index is 0.522. The van der Waals surface area contributed by atoms with Crippen LogP contribution in [0.4, 0.5) is 0 Å². The quantitative estimate of drug-likeness (QED) is 0.662. The Labute approximate surface area is 105 Å². The minimum absolute atomic E-state index is 0.522. The predicted molar refractivity (Wildman–Crippen MR) is 72.2 cm³/mol. The van der Waals surface area contributed by atoms with Crippen LogP contribution < -0.4 is 11.1 Å². The van der Waals surface area contributed by atoms with Crippen LogP contribution in [0.2, 0.25) is 0 Å². The smallest absolute Gasteiger partial charge is 0.136 e. The van der Waals surface area contributed by atoms with E-state index in [1.54, 1.807) is 7.05 Å². The molecule has 0 fully saturated rings. The first kappa shape index (κ1) is 11.0. The summed E-state index contributed by atoms with van der Waals surface area (Å²) in [6.45, 7) is 0.522. The molecule has 0 bridgehead atoms. The van der Waals surface area contributed by atoms with E-state index < -0.39 is 0 Å². The first-order valence-electron chi connectivity index (χ1n) is 5.89. The van der Waals surface area contributed by atoms with E-state index in [0.717, 1.165) is 33.2 Å². The summed E-state index contributed by atoms with van der Waals surface area (Å²) < 4.78 is 5.92. The molecule has 0 aromatic heterocycles. The molecule has 0 spiro atoms. The van der Waals surface area contributed by atoms with Crippen molar-refractivity contribution in [3.63, 3.8) is 0 Å². The van der Waals surface area contributed by atoms with E-state index in [-0.39, 0.29) is 0 Å². The highest BCUT2D eigenvalue weighted by molar-refractivity contribution is 5.83.